The van der Waals surface area contributed by atoms with Crippen LogP contribution in [0.2, 0.25) is 0 Å². The van der Waals surface area contributed by atoms with E-state index in [4.69, 9.17) is 4.74 Å². The van der Waals surface area contributed by atoms with Crippen molar-refractivity contribution in [1.29, 1.82) is 0 Å². The quantitative estimate of drug-likeness (QED) is 0.578. The molecule has 2 nitrogen and oxygen atoms in total. The van der Waals surface area contributed by atoms with Crippen LogP contribution in [0.15, 0.2) is 22.7 Å². The van der Waals surface area contributed by atoms with Crippen molar-refractivity contribution in [3.8, 4) is 5.75 Å². The molecule has 1 aliphatic heterocycles. The fourth-order valence-electron chi connectivity index (χ4n) is 1.82. The third kappa shape index (κ3) is 2.07. The summed E-state index contributed by atoms with van der Waals surface area (Å²) in [5.41, 5.74) is 1.11. The second-order valence-electron chi connectivity index (χ2n) is 4.23. The van der Waals surface area contributed by atoms with Gasteiger partial charge in [-0.25, -0.2) is 0 Å². The fraction of sp³-hybridized carbons (Fsp3) is 0.417. The minimum Gasteiger partial charge on any atom is -0.426 e. The highest BCUT2D eigenvalue weighted by Crippen LogP contribution is 2.33. The molecule has 0 saturated carbocycles. The Morgan fingerprint density at radius 2 is 2.20 bits per heavy atom. The predicted octanol–water partition coefficient (Wildman–Crippen LogP) is 3.18. The lowest BCUT2D eigenvalue weighted by molar-refractivity contribution is -0.141. The second-order valence-corrected chi connectivity index (χ2v) is 5.14. The average molecular weight is 269 g/mol. The SMILES string of the molecule is CC(C)[C@@H]1Cc2cc(Br)ccc2OC1=O. The van der Waals surface area contributed by atoms with Gasteiger partial charge < -0.3 is 4.74 Å². The molecular weight excluding hydrogens is 256 g/mol. The largest absolute Gasteiger partial charge is 0.426 e. The van der Waals surface area contributed by atoms with Gasteiger partial charge >= 0.3 is 5.97 Å². The van der Waals surface area contributed by atoms with Gasteiger partial charge in [-0.15, -0.1) is 0 Å². The van der Waals surface area contributed by atoms with Gasteiger partial charge in [0.05, 0.1) is 5.92 Å². The third-order valence-electron chi connectivity index (χ3n) is 2.78. The molecule has 0 N–H and O–H groups in total. The van der Waals surface area contributed by atoms with Crippen LogP contribution in [0.5, 0.6) is 5.75 Å². The Kier molecular flexibility index (Phi) is 2.83. The normalized spacial score (nSPS) is 20.0. The number of carbonyl (C=O) groups is 1. The molecule has 1 aliphatic rings. The van der Waals surface area contributed by atoms with Crippen LogP contribution in [0, 0.1) is 11.8 Å². The summed E-state index contributed by atoms with van der Waals surface area (Å²) in [7, 11) is 0. The summed E-state index contributed by atoms with van der Waals surface area (Å²) in [5, 5.41) is 0. The van der Waals surface area contributed by atoms with Gasteiger partial charge in [-0.3, -0.25) is 4.79 Å². The number of halogens is 1. The molecule has 80 valence electrons. The van der Waals surface area contributed by atoms with Crippen molar-refractivity contribution in [3.05, 3.63) is 28.2 Å². The van der Waals surface area contributed by atoms with Crippen LogP contribution in [0.3, 0.4) is 0 Å². The van der Waals surface area contributed by atoms with E-state index < -0.39 is 0 Å². The van der Waals surface area contributed by atoms with Crippen LogP contribution in [-0.2, 0) is 11.2 Å². The van der Waals surface area contributed by atoms with Crippen molar-refractivity contribution in [2.24, 2.45) is 11.8 Å². The first-order valence-corrected chi connectivity index (χ1v) is 5.87. The molecule has 1 aromatic carbocycles. The number of hydrogen-bond acceptors (Lipinski definition) is 2. The molecule has 2 rings (SSSR count). The summed E-state index contributed by atoms with van der Waals surface area (Å²) >= 11 is 3.42. The summed E-state index contributed by atoms with van der Waals surface area (Å²) in [5.74, 6) is 0.927. The Labute approximate surface area is 97.8 Å². The van der Waals surface area contributed by atoms with E-state index in [1.54, 1.807) is 0 Å². The van der Waals surface area contributed by atoms with Gasteiger partial charge in [-0.1, -0.05) is 29.8 Å². The number of carbonyl (C=O) groups excluding carboxylic acids is 1. The molecule has 15 heavy (non-hydrogen) atoms. The Morgan fingerprint density at radius 1 is 1.47 bits per heavy atom. The second kappa shape index (κ2) is 3.97. The van der Waals surface area contributed by atoms with E-state index in [1.807, 2.05) is 18.2 Å². The van der Waals surface area contributed by atoms with Gasteiger partial charge in [-0.05, 0) is 36.1 Å². The molecule has 1 heterocycles. The van der Waals surface area contributed by atoms with E-state index >= 15 is 0 Å². The highest BCUT2D eigenvalue weighted by molar-refractivity contribution is 9.10. The zero-order chi connectivity index (χ0) is 11.0. The summed E-state index contributed by atoms with van der Waals surface area (Å²) < 4.78 is 6.33. The molecule has 0 fully saturated rings. The van der Waals surface area contributed by atoms with Crippen molar-refractivity contribution in [1.82, 2.24) is 0 Å². The van der Waals surface area contributed by atoms with E-state index in [0.717, 1.165) is 16.5 Å². The number of rotatable bonds is 1. The van der Waals surface area contributed by atoms with E-state index in [9.17, 15) is 4.79 Å². The van der Waals surface area contributed by atoms with Crippen molar-refractivity contribution in [2.45, 2.75) is 20.3 Å². The molecule has 0 saturated heterocycles. The zero-order valence-corrected chi connectivity index (χ0v) is 10.4. The first kappa shape index (κ1) is 10.7. The number of fused-ring (bicyclic) bond motifs is 1. The maximum Gasteiger partial charge on any atom is 0.314 e. The van der Waals surface area contributed by atoms with E-state index in [2.05, 4.69) is 29.8 Å². The highest BCUT2D eigenvalue weighted by atomic mass is 79.9. The maximum atomic E-state index is 11.6. The van der Waals surface area contributed by atoms with Crippen molar-refractivity contribution in [2.75, 3.05) is 0 Å². The van der Waals surface area contributed by atoms with Crippen molar-refractivity contribution in [3.63, 3.8) is 0 Å². The van der Waals surface area contributed by atoms with Crippen LogP contribution in [0.4, 0.5) is 0 Å². The summed E-state index contributed by atoms with van der Waals surface area (Å²) in [6.07, 6.45) is 0.783. The summed E-state index contributed by atoms with van der Waals surface area (Å²) in [6.45, 7) is 4.10. The smallest absolute Gasteiger partial charge is 0.314 e. The molecule has 1 aromatic rings. The molecular formula is C12H13BrO2. The van der Waals surface area contributed by atoms with Crippen molar-refractivity contribution >= 4 is 21.9 Å². The average Bonchev–Trinajstić information content (AvgIpc) is 2.17. The van der Waals surface area contributed by atoms with Gasteiger partial charge in [0, 0.05) is 4.47 Å². The number of esters is 1. The van der Waals surface area contributed by atoms with Crippen LogP contribution >= 0.6 is 15.9 Å². The van der Waals surface area contributed by atoms with Crippen molar-refractivity contribution < 1.29 is 9.53 Å². The Morgan fingerprint density at radius 3 is 2.87 bits per heavy atom. The van der Waals surface area contributed by atoms with E-state index in [1.165, 1.54) is 0 Å². The Hall–Kier alpha value is -0.830. The number of benzene rings is 1. The lowest BCUT2D eigenvalue weighted by Gasteiger charge is -2.25. The summed E-state index contributed by atoms with van der Waals surface area (Å²) in [4.78, 5) is 11.6. The third-order valence-corrected chi connectivity index (χ3v) is 3.27. The molecule has 0 aromatic heterocycles. The van der Waals surface area contributed by atoms with E-state index in [-0.39, 0.29) is 11.9 Å². The molecule has 1 atom stereocenters. The van der Waals surface area contributed by atoms with Gasteiger partial charge in [0.1, 0.15) is 5.75 Å². The maximum absolute atomic E-state index is 11.6. The molecule has 0 amide bonds. The molecule has 0 aliphatic carbocycles. The van der Waals surface area contributed by atoms with Gasteiger partial charge in [0.2, 0.25) is 0 Å². The first-order valence-electron chi connectivity index (χ1n) is 5.08. The topological polar surface area (TPSA) is 26.3 Å². The lowest BCUT2D eigenvalue weighted by Crippen LogP contribution is -2.31. The zero-order valence-electron chi connectivity index (χ0n) is 8.79. The molecule has 0 spiro atoms. The number of hydrogen-bond donors (Lipinski definition) is 0. The molecule has 0 unspecified atom stereocenters. The van der Waals surface area contributed by atoms with Crippen LogP contribution in [-0.4, -0.2) is 5.97 Å². The predicted molar refractivity (Wildman–Crippen MR) is 61.8 cm³/mol. The Balaban J connectivity index is 2.34. The monoisotopic (exact) mass is 268 g/mol. The van der Waals surface area contributed by atoms with Crippen LogP contribution < -0.4 is 4.74 Å². The minimum atomic E-state index is -0.0974. The van der Waals surface area contributed by atoms with Gasteiger partial charge in [-0.2, -0.15) is 0 Å². The van der Waals surface area contributed by atoms with Crippen LogP contribution in [0.25, 0.3) is 0 Å². The minimum absolute atomic E-state index is 0.00759. The Bertz CT molecular complexity index is 399. The van der Waals surface area contributed by atoms with E-state index in [0.29, 0.717) is 11.7 Å². The molecule has 0 radical (unpaired) electrons. The summed E-state index contributed by atoms with van der Waals surface area (Å²) in [6, 6.07) is 5.76. The molecule has 3 heteroatoms. The standard InChI is InChI=1S/C12H13BrO2/c1-7(2)10-6-8-5-9(13)3-4-11(8)15-12(10)14/h3-5,7,10H,6H2,1-2H3/t10-/m0/s1. The number of ether oxygens (including phenoxy) is 1. The van der Waals surface area contributed by atoms with Gasteiger partial charge in [0.15, 0.2) is 0 Å². The van der Waals surface area contributed by atoms with Crippen LogP contribution in [0.1, 0.15) is 19.4 Å². The lowest BCUT2D eigenvalue weighted by atomic mass is 9.87. The fourth-order valence-corrected chi connectivity index (χ4v) is 2.23. The molecule has 0 bridgehead atoms. The van der Waals surface area contributed by atoms with Gasteiger partial charge in [0.25, 0.3) is 0 Å². The first-order chi connectivity index (χ1) is 7.08. The highest BCUT2D eigenvalue weighted by Gasteiger charge is 2.30.